The normalized spacial score (nSPS) is 21.9. The molecule has 5 nitrogen and oxygen atoms in total. The SMILES string of the molecule is CCC1CCCCCN1S(=O)(=O)N(C)CCCNC(C)C. The summed E-state index contributed by atoms with van der Waals surface area (Å²) < 4.78 is 28.8. The molecule has 0 saturated carbocycles. The highest BCUT2D eigenvalue weighted by molar-refractivity contribution is 7.86. The van der Waals surface area contributed by atoms with Gasteiger partial charge < -0.3 is 5.32 Å². The molecule has 1 N–H and O–H groups in total. The summed E-state index contributed by atoms with van der Waals surface area (Å²) in [6, 6.07) is 0.621. The highest BCUT2D eigenvalue weighted by Crippen LogP contribution is 2.23. The summed E-state index contributed by atoms with van der Waals surface area (Å²) in [7, 11) is -1.60. The lowest BCUT2D eigenvalue weighted by atomic mass is 10.1. The van der Waals surface area contributed by atoms with Gasteiger partial charge in [0.1, 0.15) is 0 Å². The van der Waals surface area contributed by atoms with Gasteiger partial charge in [0.15, 0.2) is 0 Å². The van der Waals surface area contributed by atoms with Crippen molar-refractivity contribution in [3.8, 4) is 0 Å². The monoisotopic (exact) mass is 319 g/mol. The smallest absolute Gasteiger partial charge is 0.281 e. The average molecular weight is 320 g/mol. The van der Waals surface area contributed by atoms with Crippen molar-refractivity contribution in [2.24, 2.45) is 0 Å². The van der Waals surface area contributed by atoms with Gasteiger partial charge in [0.25, 0.3) is 10.2 Å². The predicted molar refractivity (Wildman–Crippen MR) is 88.6 cm³/mol. The van der Waals surface area contributed by atoms with E-state index in [0.717, 1.165) is 45.1 Å². The highest BCUT2D eigenvalue weighted by Gasteiger charge is 2.32. The van der Waals surface area contributed by atoms with Crippen molar-refractivity contribution < 1.29 is 8.42 Å². The van der Waals surface area contributed by atoms with Crippen LogP contribution >= 0.6 is 0 Å². The zero-order chi connectivity index (χ0) is 15.9. The third kappa shape index (κ3) is 5.85. The van der Waals surface area contributed by atoms with Crippen LogP contribution in [0, 0.1) is 0 Å². The molecule has 0 amide bonds. The van der Waals surface area contributed by atoms with Gasteiger partial charge in [-0.3, -0.25) is 0 Å². The fourth-order valence-electron chi connectivity index (χ4n) is 2.85. The zero-order valence-electron chi connectivity index (χ0n) is 14.1. The Morgan fingerprint density at radius 1 is 1.29 bits per heavy atom. The van der Waals surface area contributed by atoms with Gasteiger partial charge in [-0.05, 0) is 32.2 Å². The summed E-state index contributed by atoms with van der Waals surface area (Å²) in [5.41, 5.74) is 0. The van der Waals surface area contributed by atoms with Gasteiger partial charge in [-0.25, -0.2) is 0 Å². The maximum absolute atomic E-state index is 12.8. The molecule has 0 aromatic rings. The van der Waals surface area contributed by atoms with E-state index in [1.165, 1.54) is 4.31 Å². The quantitative estimate of drug-likeness (QED) is 0.698. The summed E-state index contributed by atoms with van der Waals surface area (Å²) in [6.07, 6.45) is 6.02. The molecule has 1 heterocycles. The first-order valence-corrected chi connectivity index (χ1v) is 9.75. The second kappa shape index (κ2) is 9.08. The Bertz CT molecular complexity index is 384. The summed E-state index contributed by atoms with van der Waals surface area (Å²) in [6.45, 7) is 8.40. The Labute approximate surface area is 131 Å². The molecule has 0 bridgehead atoms. The molecule has 1 saturated heterocycles. The molecule has 1 unspecified atom stereocenters. The van der Waals surface area contributed by atoms with Crippen molar-refractivity contribution in [3.63, 3.8) is 0 Å². The Hall–Kier alpha value is -0.170. The second-order valence-electron chi connectivity index (χ2n) is 6.31. The molecule has 1 rings (SSSR count). The fourth-order valence-corrected chi connectivity index (χ4v) is 4.56. The zero-order valence-corrected chi connectivity index (χ0v) is 15.0. The van der Waals surface area contributed by atoms with Crippen LogP contribution in [0.15, 0.2) is 0 Å². The molecule has 0 radical (unpaired) electrons. The Kier molecular flexibility index (Phi) is 8.16. The second-order valence-corrected chi connectivity index (χ2v) is 8.30. The van der Waals surface area contributed by atoms with E-state index in [4.69, 9.17) is 0 Å². The number of hydrogen-bond acceptors (Lipinski definition) is 3. The van der Waals surface area contributed by atoms with Crippen LogP contribution in [0.2, 0.25) is 0 Å². The van der Waals surface area contributed by atoms with E-state index >= 15 is 0 Å². The van der Waals surface area contributed by atoms with Crippen LogP contribution in [0.1, 0.15) is 59.3 Å². The maximum Gasteiger partial charge on any atom is 0.281 e. The van der Waals surface area contributed by atoms with Gasteiger partial charge in [0.2, 0.25) is 0 Å². The van der Waals surface area contributed by atoms with Crippen molar-refractivity contribution in [2.75, 3.05) is 26.7 Å². The van der Waals surface area contributed by atoms with E-state index in [1.54, 1.807) is 11.4 Å². The van der Waals surface area contributed by atoms with Gasteiger partial charge in [-0.2, -0.15) is 17.0 Å². The van der Waals surface area contributed by atoms with Gasteiger partial charge in [0.05, 0.1) is 0 Å². The first-order chi connectivity index (χ1) is 9.89. The lowest BCUT2D eigenvalue weighted by molar-refractivity contribution is 0.287. The third-order valence-corrected chi connectivity index (χ3v) is 6.23. The molecule has 1 atom stereocenters. The summed E-state index contributed by atoms with van der Waals surface area (Å²) in [5.74, 6) is 0. The van der Waals surface area contributed by atoms with E-state index < -0.39 is 10.2 Å². The van der Waals surface area contributed by atoms with Crippen molar-refractivity contribution >= 4 is 10.2 Å². The van der Waals surface area contributed by atoms with Crippen LogP contribution in [-0.2, 0) is 10.2 Å². The maximum atomic E-state index is 12.8. The van der Waals surface area contributed by atoms with E-state index in [0.29, 0.717) is 19.1 Å². The van der Waals surface area contributed by atoms with Crippen LogP contribution in [0.5, 0.6) is 0 Å². The minimum atomic E-state index is -3.31. The molecule has 0 aromatic carbocycles. The van der Waals surface area contributed by atoms with Crippen molar-refractivity contribution in [2.45, 2.75) is 71.4 Å². The molecule has 1 aliphatic rings. The van der Waals surface area contributed by atoms with Crippen molar-refractivity contribution in [3.05, 3.63) is 0 Å². The standard InChI is InChI=1S/C15H33N3O2S/c1-5-15-10-7-6-8-13-18(15)21(19,20)17(4)12-9-11-16-14(2)3/h14-16H,5-13H2,1-4H3. The molecule has 6 heteroatoms. The largest absolute Gasteiger partial charge is 0.314 e. The van der Waals surface area contributed by atoms with Crippen LogP contribution in [0.4, 0.5) is 0 Å². The predicted octanol–water partition coefficient (Wildman–Crippen LogP) is 2.21. The van der Waals surface area contributed by atoms with E-state index in [2.05, 4.69) is 26.1 Å². The number of rotatable bonds is 8. The van der Waals surface area contributed by atoms with Crippen LogP contribution < -0.4 is 5.32 Å². The lowest BCUT2D eigenvalue weighted by Gasteiger charge is -2.32. The van der Waals surface area contributed by atoms with E-state index in [1.807, 2.05) is 0 Å². The van der Waals surface area contributed by atoms with Gasteiger partial charge >= 0.3 is 0 Å². The molecule has 1 fully saturated rings. The first kappa shape index (κ1) is 18.9. The molecule has 21 heavy (non-hydrogen) atoms. The molecular weight excluding hydrogens is 286 g/mol. The molecule has 0 aliphatic carbocycles. The average Bonchev–Trinajstić information content (AvgIpc) is 2.68. The molecule has 0 spiro atoms. The van der Waals surface area contributed by atoms with Crippen LogP contribution in [0.25, 0.3) is 0 Å². The highest BCUT2D eigenvalue weighted by atomic mass is 32.2. The van der Waals surface area contributed by atoms with Gasteiger partial charge in [-0.1, -0.05) is 33.6 Å². The fraction of sp³-hybridized carbons (Fsp3) is 1.00. The van der Waals surface area contributed by atoms with Crippen molar-refractivity contribution in [1.82, 2.24) is 13.9 Å². The first-order valence-electron chi connectivity index (χ1n) is 8.36. The third-order valence-electron chi connectivity index (χ3n) is 4.19. The number of nitrogens with zero attached hydrogens (tertiary/aromatic N) is 2. The Balaban J connectivity index is 2.59. The van der Waals surface area contributed by atoms with Gasteiger partial charge in [-0.15, -0.1) is 0 Å². The summed E-state index contributed by atoms with van der Waals surface area (Å²) >= 11 is 0. The topological polar surface area (TPSA) is 52.7 Å². The Morgan fingerprint density at radius 2 is 2.00 bits per heavy atom. The van der Waals surface area contributed by atoms with Crippen LogP contribution in [-0.4, -0.2) is 55.8 Å². The summed E-state index contributed by atoms with van der Waals surface area (Å²) in [4.78, 5) is 0. The van der Waals surface area contributed by atoms with E-state index in [-0.39, 0.29) is 6.04 Å². The number of hydrogen-bond donors (Lipinski definition) is 1. The Morgan fingerprint density at radius 3 is 2.62 bits per heavy atom. The van der Waals surface area contributed by atoms with E-state index in [9.17, 15) is 8.42 Å². The molecule has 126 valence electrons. The summed E-state index contributed by atoms with van der Waals surface area (Å²) in [5, 5.41) is 3.33. The number of nitrogens with one attached hydrogen (secondary N) is 1. The van der Waals surface area contributed by atoms with Crippen molar-refractivity contribution in [1.29, 1.82) is 0 Å². The minimum Gasteiger partial charge on any atom is -0.314 e. The van der Waals surface area contributed by atoms with Crippen LogP contribution in [0.3, 0.4) is 0 Å². The van der Waals surface area contributed by atoms with Gasteiger partial charge in [0, 0.05) is 32.2 Å². The minimum absolute atomic E-state index is 0.175. The molecule has 0 aromatic heterocycles. The molecule has 1 aliphatic heterocycles. The lowest BCUT2D eigenvalue weighted by Crippen LogP contribution is -2.47. The molecular formula is C15H33N3O2S.